The molecule has 1 spiro atoms. The van der Waals surface area contributed by atoms with Gasteiger partial charge in [0.1, 0.15) is 5.75 Å². The third kappa shape index (κ3) is 2.57. The predicted molar refractivity (Wildman–Crippen MR) is 101 cm³/mol. The van der Waals surface area contributed by atoms with E-state index in [2.05, 4.69) is 32.2 Å². The second-order valence-electron chi connectivity index (χ2n) is 9.18. The molecule has 2 N–H and O–H groups in total. The van der Waals surface area contributed by atoms with Crippen LogP contribution in [0.1, 0.15) is 64.5 Å². The number of hydrogen-bond donors (Lipinski definition) is 2. The molecule has 2 saturated carbocycles. The average Bonchev–Trinajstić information content (AvgIpc) is 3.08. The number of amides is 1. The smallest absolute Gasteiger partial charge is 0.220 e. The maximum Gasteiger partial charge on any atom is 0.220 e. The van der Waals surface area contributed by atoms with Crippen LogP contribution in [0.25, 0.3) is 0 Å². The highest BCUT2D eigenvalue weighted by Crippen LogP contribution is 2.70. The Bertz CT molecular complexity index is 700. The molecule has 2 bridgehead atoms. The molecule has 3 fully saturated rings. The van der Waals surface area contributed by atoms with Crippen molar-refractivity contribution in [1.82, 2.24) is 5.32 Å². The van der Waals surface area contributed by atoms with Gasteiger partial charge in [-0.05, 0) is 66.0 Å². The molecule has 26 heavy (non-hydrogen) atoms. The van der Waals surface area contributed by atoms with Gasteiger partial charge in [-0.3, -0.25) is 4.79 Å². The van der Waals surface area contributed by atoms with Crippen molar-refractivity contribution in [3.63, 3.8) is 0 Å². The van der Waals surface area contributed by atoms with Gasteiger partial charge in [0, 0.05) is 19.1 Å². The molecular formula is C22H31NO3. The minimum atomic E-state index is 0.0162. The normalized spacial score (nSPS) is 37.3. The minimum Gasteiger partial charge on any atom is -0.508 e. The van der Waals surface area contributed by atoms with Crippen molar-refractivity contribution in [3.05, 3.63) is 29.8 Å². The first-order chi connectivity index (χ1) is 12.4. The molecule has 2 aliphatic carbocycles. The molecular weight excluding hydrogens is 326 g/mol. The summed E-state index contributed by atoms with van der Waals surface area (Å²) >= 11 is 0. The van der Waals surface area contributed by atoms with Crippen LogP contribution in [0, 0.1) is 22.7 Å². The SMILES string of the molecule is CCCC(=O)N[C@H]1C(C)(C)[C@@H]2C[C@@H]3[C@@H](c4cccc(O)c4)OCCC31C2. The van der Waals surface area contributed by atoms with E-state index in [0.29, 0.717) is 24.0 Å². The molecule has 142 valence electrons. The number of carbonyl (C=O) groups excluding carboxylic acids is 1. The zero-order valence-corrected chi connectivity index (χ0v) is 16.1. The number of phenols is 1. The minimum absolute atomic E-state index is 0.0162. The Hall–Kier alpha value is -1.55. The molecule has 4 rings (SSSR count). The molecule has 1 saturated heterocycles. The second kappa shape index (κ2) is 6.26. The van der Waals surface area contributed by atoms with Crippen LogP contribution in [0.4, 0.5) is 0 Å². The maximum absolute atomic E-state index is 12.5. The number of ether oxygens (including phenoxy) is 1. The Labute approximate surface area is 156 Å². The van der Waals surface area contributed by atoms with E-state index in [1.54, 1.807) is 6.07 Å². The number of rotatable bonds is 4. The Morgan fingerprint density at radius 3 is 2.92 bits per heavy atom. The Kier molecular flexibility index (Phi) is 4.30. The summed E-state index contributed by atoms with van der Waals surface area (Å²) in [5.41, 5.74) is 1.31. The monoisotopic (exact) mass is 357 g/mol. The first kappa shape index (κ1) is 17.8. The lowest BCUT2D eigenvalue weighted by Crippen LogP contribution is -2.58. The molecule has 1 aromatic carbocycles. The third-order valence-electron chi connectivity index (χ3n) is 7.49. The second-order valence-corrected chi connectivity index (χ2v) is 9.18. The van der Waals surface area contributed by atoms with Crippen LogP contribution >= 0.6 is 0 Å². The summed E-state index contributed by atoms with van der Waals surface area (Å²) in [5, 5.41) is 13.3. The van der Waals surface area contributed by atoms with E-state index < -0.39 is 0 Å². The van der Waals surface area contributed by atoms with E-state index in [9.17, 15) is 9.90 Å². The molecule has 4 heteroatoms. The number of fused-ring (bicyclic) bond motifs is 1. The summed E-state index contributed by atoms with van der Waals surface area (Å²) in [6.07, 6.45) is 4.85. The number of nitrogens with one attached hydrogen (secondary N) is 1. The third-order valence-corrected chi connectivity index (χ3v) is 7.49. The molecule has 3 aliphatic rings. The number of carbonyl (C=O) groups is 1. The van der Waals surface area contributed by atoms with Crippen LogP contribution in [0.3, 0.4) is 0 Å². The lowest BCUT2D eigenvalue weighted by Gasteiger charge is -2.53. The van der Waals surface area contributed by atoms with E-state index >= 15 is 0 Å². The average molecular weight is 357 g/mol. The van der Waals surface area contributed by atoms with E-state index in [0.717, 1.165) is 31.4 Å². The molecule has 1 unspecified atom stereocenters. The first-order valence-corrected chi connectivity index (χ1v) is 10.1. The summed E-state index contributed by atoms with van der Waals surface area (Å²) in [6.45, 7) is 7.44. The quantitative estimate of drug-likeness (QED) is 0.849. The number of hydrogen-bond acceptors (Lipinski definition) is 3. The van der Waals surface area contributed by atoms with Gasteiger partial charge in [-0.15, -0.1) is 0 Å². The number of aromatic hydroxyl groups is 1. The van der Waals surface area contributed by atoms with Gasteiger partial charge >= 0.3 is 0 Å². The van der Waals surface area contributed by atoms with Crippen LogP contribution in [0.15, 0.2) is 24.3 Å². The van der Waals surface area contributed by atoms with Gasteiger partial charge in [0.2, 0.25) is 5.91 Å². The maximum atomic E-state index is 12.5. The molecule has 5 atom stereocenters. The van der Waals surface area contributed by atoms with Crippen molar-refractivity contribution in [1.29, 1.82) is 0 Å². The van der Waals surface area contributed by atoms with Gasteiger partial charge < -0.3 is 15.2 Å². The van der Waals surface area contributed by atoms with Crippen molar-refractivity contribution < 1.29 is 14.6 Å². The molecule has 0 aromatic heterocycles. The van der Waals surface area contributed by atoms with Crippen molar-refractivity contribution in [3.8, 4) is 5.75 Å². The van der Waals surface area contributed by atoms with Gasteiger partial charge in [-0.2, -0.15) is 0 Å². The zero-order valence-electron chi connectivity index (χ0n) is 16.1. The van der Waals surface area contributed by atoms with Crippen molar-refractivity contribution in [2.45, 2.75) is 65.0 Å². The largest absolute Gasteiger partial charge is 0.508 e. The Balaban J connectivity index is 1.67. The summed E-state index contributed by atoms with van der Waals surface area (Å²) < 4.78 is 6.23. The first-order valence-electron chi connectivity index (χ1n) is 10.1. The van der Waals surface area contributed by atoms with Gasteiger partial charge in [-0.25, -0.2) is 0 Å². The summed E-state index contributed by atoms with van der Waals surface area (Å²) in [7, 11) is 0. The van der Waals surface area contributed by atoms with E-state index in [4.69, 9.17) is 4.74 Å². The van der Waals surface area contributed by atoms with Crippen LogP contribution < -0.4 is 5.32 Å². The van der Waals surface area contributed by atoms with Gasteiger partial charge in [0.25, 0.3) is 0 Å². The zero-order chi connectivity index (χ0) is 18.5. The number of phenolic OH excluding ortho intramolecular Hbond substituents is 1. The van der Waals surface area contributed by atoms with Crippen molar-refractivity contribution >= 4 is 5.91 Å². The van der Waals surface area contributed by atoms with Crippen LogP contribution in [0.5, 0.6) is 5.75 Å². The standard InChI is InChI=1S/C22H31NO3/c1-4-6-18(25)23-20-21(2,3)15-12-17-19(14-7-5-8-16(24)11-14)26-10-9-22(17,20)13-15/h5,7-8,11,15,17,19-20,24H,4,6,9-10,12-13H2,1-3H3,(H,23,25)/t15-,17-,19-,20+,22?/m1/s1. The fraction of sp³-hybridized carbons (Fsp3) is 0.682. The van der Waals surface area contributed by atoms with E-state index in [-0.39, 0.29) is 28.9 Å². The Morgan fingerprint density at radius 1 is 1.38 bits per heavy atom. The highest BCUT2D eigenvalue weighted by Gasteiger charge is 2.68. The fourth-order valence-electron chi connectivity index (χ4n) is 6.28. The molecule has 1 amide bonds. The molecule has 0 radical (unpaired) electrons. The predicted octanol–water partition coefficient (Wildman–Crippen LogP) is 4.19. The van der Waals surface area contributed by atoms with E-state index in [1.165, 1.54) is 6.42 Å². The van der Waals surface area contributed by atoms with Crippen LogP contribution in [0.2, 0.25) is 0 Å². The topological polar surface area (TPSA) is 58.6 Å². The van der Waals surface area contributed by atoms with E-state index in [1.807, 2.05) is 12.1 Å². The number of benzene rings is 1. The summed E-state index contributed by atoms with van der Waals surface area (Å²) in [4.78, 5) is 12.5. The highest BCUT2D eigenvalue weighted by molar-refractivity contribution is 5.76. The summed E-state index contributed by atoms with van der Waals surface area (Å²) in [6, 6.07) is 7.71. The van der Waals surface area contributed by atoms with Crippen LogP contribution in [-0.4, -0.2) is 23.7 Å². The Morgan fingerprint density at radius 2 is 2.19 bits per heavy atom. The van der Waals surface area contributed by atoms with Crippen molar-refractivity contribution in [2.75, 3.05) is 6.61 Å². The van der Waals surface area contributed by atoms with Crippen LogP contribution in [-0.2, 0) is 9.53 Å². The van der Waals surface area contributed by atoms with Gasteiger partial charge in [0.15, 0.2) is 0 Å². The fourth-order valence-corrected chi connectivity index (χ4v) is 6.28. The highest BCUT2D eigenvalue weighted by atomic mass is 16.5. The lowest BCUT2D eigenvalue weighted by atomic mass is 9.59. The molecule has 1 heterocycles. The molecule has 1 aliphatic heterocycles. The molecule has 1 aromatic rings. The van der Waals surface area contributed by atoms with Crippen molar-refractivity contribution in [2.24, 2.45) is 22.7 Å². The summed E-state index contributed by atoms with van der Waals surface area (Å²) in [5.74, 6) is 1.50. The van der Waals surface area contributed by atoms with Gasteiger partial charge in [-0.1, -0.05) is 32.9 Å². The molecule has 4 nitrogen and oxygen atoms in total. The lowest BCUT2D eigenvalue weighted by molar-refractivity contribution is -0.137. The van der Waals surface area contributed by atoms with Gasteiger partial charge in [0.05, 0.1) is 6.10 Å².